The van der Waals surface area contributed by atoms with Crippen LogP contribution >= 0.6 is 0 Å². The average molecular weight is 722 g/mol. The van der Waals surface area contributed by atoms with Gasteiger partial charge in [-0.05, 0) is 31.2 Å². The fourth-order valence-electron chi connectivity index (χ4n) is 4.96. The highest BCUT2D eigenvalue weighted by molar-refractivity contribution is 7.89. The van der Waals surface area contributed by atoms with Crippen molar-refractivity contribution in [3.63, 3.8) is 0 Å². The van der Waals surface area contributed by atoms with Crippen molar-refractivity contribution in [1.29, 1.82) is 0 Å². The fourth-order valence-corrected chi connectivity index (χ4v) is 6.00. The molecule has 0 saturated carbocycles. The Morgan fingerprint density at radius 3 is 1.69 bits per heavy atom. The maximum atomic E-state index is 13.2. The molecule has 276 valence electrons. The van der Waals surface area contributed by atoms with Crippen LogP contribution in [0, 0.1) is 0 Å². The standard InChI is InChI=1S/C30H43NO17S/c1-15(32)23(43-16(2)33)26(44-17(3)34)28(45-18(4)35)30(46-19(5)36)48-24-22(47-29(42-9)27(41-8)25(24)40-7)14-31-49(37,38)21-12-10-20(39-6)11-13-21/h10-13,22-31H,14H2,1-9H3/t22-,23+,24+,25+,26-,27-,28-,29+,30?/m1/s1. The largest absolute Gasteiger partial charge is 0.497 e. The minimum atomic E-state index is -4.17. The number of Topliss-reactive ketones (excluding diaryl/α,β-unsaturated/α-hetero) is 1. The Morgan fingerprint density at radius 2 is 1.24 bits per heavy atom. The molecule has 1 aromatic carbocycles. The minimum Gasteiger partial charge on any atom is -0.497 e. The molecule has 1 heterocycles. The van der Waals surface area contributed by atoms with Crippen LogP contribution in [0.5, 0.6) is 5.75 Å². The van der Waals surface area contributed by atoms with E-state index in [1.165, 1.54) is 52.7 Å². The Balaban J connectivity index is 2.67. The smallest absolute Gasteiger partial charge is 0.305 e. The second-order valence-corrected chi connectivity index (χ2v) is 12.3. The molecule has 1 N–H and O–H groups in total. The third kappa shape index (κ3) is 11.7. The zero-order valence-corrected chi connectivity index (χ0v) is 29.4. The van der Waals surface area contributed by atoms with Crippen LogP contribution < -0.4 is 9.46 Å². The molecule has 0 spiro atoms. The van der Waals surface area contributed by atoms with Gasteiger partial charge in [-0.15, -0.1) is 0 Å². The molecule has 0 bridgehead atoms. The van der Waals surface area contributed by atoms with E-state index >= 15 is 0 Å². The van der Waals surface area contributed by atoms with Gasteiger partial charge in [0, 0.05) is 55.6 Å². The molecule has 0 aromatic heterocycles. The van der Waals surface area contributed by atoms with Crippen molar-refractivity contribution in [2.45, 2.75) is 94.8 Å². The zero-order chi connectivity index (χ0) is 37.1. The van der Waals surface area contributed by atoms with E-state index in [4.69, 9.17) is 47.4 Å². The summed E-state index contributed by atoms with van der Waals surface area (Å²) in [7, 11) is 1.16. The van der Waals surface area contributed by atoms with Crippen LogP contribution in [-0.2, 0) is 76.6 Å². The molecule has 0 radical (unpaired) electrons. The number of hydrogen-bond donors (Lipinski definition) is 1. The van der Waals surface area contributed by atoms with Gasteiger partial charge < -0.3 is 47.4 Å². The van der Waals surface area contributed by atoms with Gasteiger partial charge in [-0.1, -0.05) is 0 Å². The van der Waals surface area contributed by atoms with Crippen LogP contribution in [0.3, 0.4) is 0 Å². The van der Waals surface area contributed by atoms with Crippen molar-refractivity contribution in [3.8, 4) is 5.75 Å². The number of ketones is 1. The topological polar surface area (TPSA) is 224 Å². The molecule has 1 aromatic rings. The van der Waals surface area contributed by atoms with Gasteiger partial charge in [-0.3, -0.25) is 24.0 Å². The third-order valence-electron chi connectivity index (χ3n) is 6.97. The first-order chi connectivity index (χ1) is 23.0. The molecular weight excluding hydrogens is 678 g/mol. The van der Waals surface area contributed by atoms with E-state index in [1.807, 2.05) is 0 Å². The molecule has 1 unspecified atom stereocenters. The first kappa shape index (κ1) is 41.5. The molecule has 2 rings (SSSR count). The van der Waals surface area contributed by atoms with Crippen molar-refractivity contribution in [1.82, 2.24) is 4.72 Å². The summed E-state index contributed by atoms with van der Waals surface area (Å²) in [5, 5.41) is 0. The molecule has 18 nitrogen and oxygen atoms in total. The number of methoxy groups -OCH3 is 4. The summed E-state index contributed by atoms with van der Waals surface area (Å²) >= 11 is 0. The Bertz CT molecular complexity index is 1400. The summed E-state index contributed by atoms with van der Waals surface area (Å²) in [6.45, 7) is 4.45. The summed E-state index contributed by atoms with van der Waals surface area (Å²) in [6.07, 6.45) is -13.8. The van der Waals surface area contributed by atoms with Gasteiger partial charge in [0.25, 0.3) is 0 Å². The van der Waals surface area contributed by atoms with Crippen molar-refractivity contribution >= 4 is 39.7 Å². The van der Waals surface area contributed by atoms with E-state index in [1.54, 1.807) is 0 Å². The molecule has 1 aliphatic rings. The Kier molecular flexibility index (Phi) is 16.0. The number of rotatable bonds is 18. The second-order valence-electron chi connectivity index (χ2n) is 10.6. The number of carbonyl (C=O) groups is 5. The number of esters is 4. The quantitative estimate of drug-likeness (QED) is 0.120. The summed E-state index contributed by atoms with van der Waals surface area (Å²) in [5.41, 5.74) is 0. The van der Waals surface area contributed by atoms with Gasteiger partial charge in [0.15, 0.2) is 24.3 Å². The van der Waals surface area contributed by atoms with Gasteiger partial charge in [0.1, 0.15) is 30.2 Å². The number of benzene rings is 1. The van der Waals surface area contributed by atoms with Crippen LogP contribution in [0.15, 0.2) is 29.2 Å². The lowest BCUT2D eigenvalue weighted by Gasteiger charge is -2.46. The normalized spacial score (nSPS) is 23.2. The lowest BCUT2D eigenvalue weighted by atomic mass is 9.97. The highest BCUT2D eigenvalue weighted by atomic mass is 32.2. The van der Waals surface area contributed by atoms with E-state index in [-0.39, 0.29) is 4.90 Å². The Labute approximate surface area is 283 Å². The van der Waals surface area contributed by atoms with E-state index < -0.39 is 102 Å². The summed E-state index contributed by atoms with van der Waals surface area (Å²) < 4.78 is 84.1. The van der Waals surface area contributed by atoms with Gasteiger partial charge in [-0.25, -0.2) is 13.1 Å². The van der Waals surface area contributed by atoms with Crippen molar-refractivity contribution in [2.75, 3.05) is 35.0 Å². The monoisotopic (exact) mass is 721 g/mol. The summed E-state index contributed by atoms with van der Waals surface area (Å²) in [6, 6.07) is 5.53. The van der Waals surface area contributed by atoms with E-state index in [9.17, 15) is 32.4 Å². The molecule has 0 aliphatic carbocycles. The Hall–Kier alpha value is -3.72. The van der Waals surface area contributed by atoms with Gasteiger partial charge >= 0.3 is 23.9 Å². The first-order valence-corrected chi connectivity index (χ1v) is 16.2. The van der Waals surface area contributed by atoms with E-state index in [0.29, 0.717) is 5.75 Å². The maximum absolute atomic E-state index is 13.2. The predicted octanol–water partition coefficient (Wildman–Crippen LogP) is 0.0333. The predicted molar refractivity (Wildman–Crippen MR) is 163 cm³/mol. The summed E-state index contributed by atoms with van der Waals surface area (Å²) in [4.78, 5) is 61.5. The van der Waals surface area contributed by atoms with Crippen LogP contribution in [0.4, 0.5) is 0 Å². The van der Waals surface area contributed by atoms with E-state index in [0.717, 1.165) is 34.6 Å². The molecule has 1 fully saturated rings. The fraction of sp³-hybridized carbons (Fsp3) is 0.633. The van der Waals surface area contributed by atoms with Gasteiger partial charge in [0.2, 0.25) is 22.4 Å². The van der Waals surface area contributed by atoms with Crippen LogP contribution in [-0.4, -0.2) is 128 Å². The van der Waals surface area contributed by atoms with Gasteiger partial charge in [0.05, 0.1) is 12.0 Å². The highest BCUT2D eigenvalue weighted by Crippen LogP contribution is 2.31. The second kappa shape index (κ2) is 18.9. The van der Waals surface area contributed by atoms with Crippen molar-refractivity contribution in [2.24, 2.45) is 0 Å². The lowest BCUT2D eigenvalue weighted by Crippen LogP contribution is -2.64. The molecule has 49 heavy (non-hydrogen) atoms. The SMILES string of the molecule is COc1ccc(S(=O)(=O)NC[C@H]2O[C@H](OC)[C@H](OC)[C@@H](OC)[C@H]2OC(OC(C)=O)[C@H](OC(C)=O)[C@H](OC(C)=O)[C@@H](OC(C)=O)C(C)=O)cc1. The molecule has 9 atom stereocenters. The maximum Gasteiger partial charge on any atom is 0.305 e. The molecular formula is C30H43NO17S. The van der Waals surface area contributed by atoms with E-state index in [2.05, 4.69) is 4.72 Å². The molecule has 19 heteroatoms. The average Bonchev–Trinajstić information content (AvgIpc) is 3.03. The molecule has 0 amide bonds. The highest BCUT2D eigenvalue weighted by Gasteiger charge is 2.52. The number of nitrogens with one attached hydrogen (secondary N) is 1. The Morgan fingerprint density at radius 1 is 0.714 bits per heavy atom. The number of sulfonamides is 1. The van der Waals surface area contributed by atoms with Crippen LogP contribution in [0.1, 0.15) is 34.6 Å². The zero-order valence-electron chi connectivity index (χ0n) is 28.6. The molecule has 1 aliphatic heterocycles. The number of carbonyl (C=O) groups excluding carboxylic acids is 5. The van der Waals surface area contributed by atoms with Gasteiger partial charge in [-0.2, -0.15) is 0 Å². The molecule has 1 saturated heterocycles. The number of ether oxygens (including phenoxy) is 10. The van der Waals surface area contributed by atoms with Crippen LogP contribution in [0.25, 0.3) is 0 Å². The summed E-state index contributed by atoms with van der Waals surface area (Å²) in [5.74, 6) is -4.35. The third-order valence-corrected chi connectivity index (χ3v) is 8.41. The van der Waals surface area contributed by atoms with Crippen molar-refractivity contribution < 1.29 is 79.8 Å². The van der Waals surface area contributed by atoms with Crippen molar-refractivity contribution in [3.05, 3.63) is 24.3 Å². The first-order valence-electron chi connectivity index (χ1n) is 14.7. The number of hydrogen-bond acceptors (Lipinski definition) is 17. The minimum absolute atomic E-state index is 0.111. The lowest BCUT2D eigenvalue weighted by molar-refractivity contribution is -0.332. The van der Waals surface area contributed by atoms with Crippen LogP contribution in [0.2, 0.25) is 0 Å².